The first-order chi connectivity index (χ1) is 10.6. The molecule has 0 unspecified atom stereocenters. The first kappa shape index (κ1) is 13.9. The summed E-state index contributed by atoms with van der Waals surface area (Å²) in [5, 5.41) is 14.0. The Bertz CT molecular complexity index is 813. The van der Waals surface area contributed by atoms with E-state index in [9.17, 15) is 9.18 Å². The lowest BCUT2D eigenvalue weighted by Gasteiger charge is -2.07. The molecule has 1 amide bonds. The minimum atomic E-state index is -0.381. The topological polar surface area (TPSA) is 72.7 Å². The Kier molecular flexibility index (Phi) is 3.61. The maximum absolute atomic E-state index is 12.9. The zero-order valence-corrected chi connectivity index (χ0v) is 11.7. The lowest BCUT2D eigenvalue weighted by atomic mass is 10.1. The van der Waals surface area contributed by atoms with Crippen LogP contribution in [0.15, 0.2) is 48.5 Å². The third-order valence-corrected chi connectivity index (χ3v) is 3.11. The van der Waals surface area contributed by atoms with E-state index in [2.05, 4.69) is 20.8 Å². The molecule has 0 atom stereocenters. The highest BCUT2D eigenvalue weighted by Crippen LogP contribution is 2.20. The fourth-order valence-electron chi connectivity index (χ4n) is 2.01. The van der Waals surface area contributed by atoms with Gasteiger partial charge in [0, 0.05) is 23.9 Å². The minimum Gasteiger partial charge on any atom is -0.322 e. The van der Waals surface area contributed by atoms with E-state index in [-0.39, 0.29) is 11.7 Å². The second kappa shape index (κ2) is 5.72. The molecule has 7 heteroatoms. The second-order valence-electron chi connectivity index (χ2n) is 4.67. The summed E-state index contributed by atoms with van der Waals surface area (Å²) in [6.07, 6.45) is 0. The summed E-state index contributed by atoms with van der Waals surface area (Å²) in [6.45, 7) is 0. The molecular weight excluding hydrogens is 285 g/mol. The van der Waals surface area contributed by atoms with E-state index < -0.39 is 0 Å². The third-order valence-electron chi connectivity index (χ3n) is 3.11. The quantitative estimate of drug-likeness (QED) is 0.805. The zero-order chi connectivity index (χ0) is 15.5. The number of hydrogen-bond acceptors (Lipinski definition) is 4. The molecular formula is C15H12FN5O. The molecule has 1 aromatic heterocycles. The van der Waals surface area contributed by atoms with E-state index >= 15 is 0 Å². The van der Waals surface area contributed by atoms with Gasteiger partial charge in [-0.2, -0.15) is 0 Å². The van der Waals surface area contributed by atoms with Gasteiger partial charge in [-0.3, -0.25) is 4.79 Å². The fourth-order valence-corrected chi connectivity index (χ4v) is 2.01. The standard InChI is InChI=1S/C15H12FN5O/c1-21-14(18-19-20-21)11-3-2-4-13(9-11)17-15(22)10-5-7-12(16)8-6-10/h2-9H,1H3,(H,17,22). The van der Waals surface area contributed by atoms with E-state index in [1.54, 1.807) is 29.9 Å². The predicted octanol–water partition coefficient (Wildman–Crippen LogP) is 2.27. The van der Waals surface area contributed by atoms with Crippen LogP contribution in [-0.2, 0) is 7.05 Å². The van der Waals surface area contributed by atoms with Gasteiger partial charge in [0.1, 0.15) is 5.82 Å². The summed E-state index contributed by atoms with van der Waals surface area (Å²) >= 11 is 0. The van der Waals surface area contributed by atoms with E-state index in [4.69, 9.17) is 0 Å². The Hall–Kier alpha value is -3.09. The molecule has 2 aromatic carbocycles. The number of amides is 1. The number of nitrogens with zero attached hydrogens (tertiary/aromatic N) is 4. The smallest absolute Gasteiger partial charge is 0.255 e. The van der Waals surface area contributed by atoms with Gasteiger partial charge in [-0.25, -0.2) is 9.07 Å². The number of anilines is 1. The van der Waals surface area contributed by atoms with Crippen LogP contribution in [0.3, 0.4) is 0 Å². The van der Waals surface area contributed by atoms with Gasteiger partial charge in [-0.05, 0) is 46.8 Å². The number of hydrogen-bond donors (Lipinski definition) is 1. The highest BCUT2D eigenvalue weighted by molar-refractivity contribution is 6.04. The van der Waals surface area contributed by atoms with Crippen molar-refractivity contribution < 1.29 is 9.18 Å². The first-order valence-electron chi connectivity index (χ1n) is 6.53. The number of aryl methyl sites for hydroxylation is 1. The van der Waals surface area contributed by atoms with Crippen LogP contribution in [0.25, 0.3) is 11.4 Å². The number of benzene rings is 2. The maximum Gasteiger partial charge on any atom is 0.255 e. The molecule has 0 radical (unpaired) electrons. The Morgan fingerprint density at radius 3 is 2.64 bits per heavy atom. The average molecular weight is 297 g/mol. The normalized spacial score (nSPS) is 10.5. The van der Waals surface area contributed by atoms with Crippen molar-refractivity contribution in [3.63, 3.8) is 0 Å². The summed E-state index contributed by atoms with van der Waals surface area (Å²) in [4.78, 5) is 12.1. The molecule has 110 valence electrons. The molecule has 0 fully saturated rings. The molecule has 0 saturated heterocycles. The molecule has 3 aromatic rings. The molecule has 22 heavy (non-hydrogen) atoms. The largest absolute Gasteiger partial charge is 0.322 e. The fraction of sp³-hybridized carbons (Fsp3) is 0.0667. The van der Waals surface area contributed by atoms with Crippen molar-refractivity contribution in [1.82, 2.24) is 20.2 Å². The highest BCUT2D eigenvalue weighted by Gasteiger charge is 2.09. The molecule has 3 rings (SSSR count). The number of carbonyl (C=O) groups excluding carboxylic acids is 1. The highest BCUT2D eigenvalue weighted by atomic mass is 19.1. The number of nitrogens with one attached hydrogen (secondary N) is 1. The summed E-state index contributed by atoms with van der Waals surface area (Å²) < 4.78 is 14.4. The van der Waals surface area contributed by atoms with E-state index in [0.29, 0.717) is 17.1 Å². The van der Waals surface area contributed by atoms with Crippen molar-refractivity contribution in [2.45, 2.75) is 0 Å². The van der Waals surface area contributed by atoms with E-state index in [1.165, 1.54) is 24.3 Å². The maximum atomic E-state index is 12.9. The molecule has 6 nitrogen and oxygen atoms in total. The molecule has 0 aliphatic rings. The van der Waals surface area contributed by atoms with Gasteiger partial charge in [0.25, 0.3) is 5.91 Å². The number of rotatable bonds is 3. The molecule has 0 spiro atoms. The van der Waals surface area contributed by atoms with Crippen LogP contribution in [-0.4, -0.2) is 26.1 Å². The summed E-state index contributed by atoms with van der Waals surface area (Å²) in [6, 6.07) is 12.5. The van der Waals surface area contributed by atoms with E-state index in [0.717, 1.165) is 5.56 Å². The van der Waals surface area contributed by atoms with E-state index in [1.807, 2.05) is 6.07 Å². The van der Waals surface area contributed by atoms with Crippen molar-refractivity contribution in [3.05, 3.63) is 59.9 Å². The second-order valence-corrected chi connectivity index (χ2v) is 4.67. The van der Waals surface area contributed by atoms with Crippen molar-refractivity contribution in [1.29, 1.82) is 0 Å². The molecule has 0 aliphatic carbocycles. The van der Waals surface area contributed by atoms with Gasteiger partial charge in [0.15, 0.2) is 5.82 Å². The molecule has 1 N–H and O–H groups in total. The van der Waals surface area contributed by atoms with Crippen molar-refractivity contribution >= 4 is 11.6 Å². The Morgan fingerprint density at radius 1 is 1.18 bits per heavy atom. The lowest BCUT2D eigenvalue weighted by molar-refractivity contribution is 0.102. The van der Waals surface area contributed by atoms with Crippen LogP contribution >= 0.6 is 0 Å². The predicted molar refractivity (Wildman–Crippen MR) is 78.6 cm³/mol. The molecule has 0 aliphatic heterocycles. The number of halogens is 1. The van der Waals surface area contributed by atoms with Crippen molar-refractivity contribution in [2.75, 3.05) is 5.32 Å². The van der Waals surface area contributed by atoms with Crippen LogP contribution in [0, 0.1) is 5.82 Å². The first-order valence-corrected chi connectivity index (χ1v) is 6.53. The van der Waals surface area contributed by atoms with Gasteiger partial charge in [-0.1, -0.05) is 12.1 Å². The third kappa shape index (κ3) is 2.83. The molecule has 0 bridgehead atoms. The summed E-state index contributed by atoms with van der Waals surface area (Å²) in [5.41, 5.74) is 1.77. The van der Waals surface area contributed by atoms with Gasteiger partial charge >= 0.3 is 0 Å². The SMILES string of the molecule is Cn1nnnc1-c1cccc(NC(=O)c2ccc(F)cc2)c1. The summed E-state index contributed by atoms with van der Waals surface area (Å²) in [5.74, 6) is -0.0977. The number of carbonyl (C=O) groups is 1. The van der Waals surface area contributed by atoms with Crippen LogP contribution in [0.2, 0.25) is 0 Å². The van der Waals surface area contributed by atoms with Gasteiger partial charge < -0.3 is 5.32 Å². The summed E-state index contributed by atoms with van der Waals surface area (Å²) in [7, 11) is 1.74. The van der Waals surface area contributed by atoms with Crippen molar-refractivity contribution in [3.8, 4) is 11.4 Å². The van der Waals surface area contributed by atoms with Gasteiger partial charge in [-0.15, -0.1) is 5.10 Å². The minimum absolute atomic E-state index is 0.312. The Labute approximate surface area is 125 Å². The average Bonchev–Trinajstić information content (AvgIpc) is 2.94. The van der Waals surface area contributed by atoms with Crippen LogP contribution in [0.5, 0.6) is 0 Å². The van der Waals surface area contributed by atoms with Crippen LogP contribution in [0.1, 0.15) is 10.4 Å². The number of aromatic nitrogens is 4. The zero-order valence-electron chi connectivity index (χ0n) is 11.7. The Morgan fingerprint density at radius 2 is 1.95 bits per heavy atom. The Balaban J connectivity index is 1.82. The molecule has 1 heterocycles. The number of tetrazole rings is 1. The van der Waals surface area contributed by atoms with Crippen LogP contribution < -0.4 is 5.32 Å². The van der Waals surface area contributed by atoms with Crippen molar-refractivity contribution in [2.24, 2.45) is 7.05 Å². The monoisotopic (exact) mass is 297 g/mol. The van der Waals surface area contributed by atoms with Crippen LogP contribution in [0.4, 0.5) is 10.1 Å². The molecule has 0 saturated carbocycles. The van der Waals surface area contributed by atoms with Gasteiger partial charge in [0.2, 0.25) is 0 Å². The lowest BCUT2D eigenvalue weighted by Crippen LogP contribution is -2.11. The van der Waals surface area contributed by atoms with Gasteiger partial charge in [0.05, 0.1) is 0 Å².